The molecule has 38 heavy (non-hydrogen) atoms. The van der Waals surface area contributed by atoms with Crippen LogP contribution in [0.25, 0.3) is 0 Å². The second kappa shape index (κ2) is 11.8. The number of benzene rings is 3. The fraction of sp³-hybridized carbons (Fsp3) is 0.240. The van der Waals surface area contributed by atoms with Crippen molar-refractivity contribution in [2.75, 3.05) is 23.1 Å². The molecule has 1 aliphatic heterocycles. The highest BCUT2D eigenvalue weighted by atomic mass is 35.5. The van der Waals surface area contributed by atoms with Crippen LogP contribution in [0.3, 0.4) is 0 Å². The first-order chi connectivity index (χ1) is 17.9. The Balaban J connectivity index is 1.32. The second-order valence-electron chi connectivity index (χ2n) is 8.76. The molecule has 3 aromatic carbocycles. The molecule has 1 heterocycles. The highest BCUT2D eigenvalue weighted by molar-refractivity contribution is 7.92. The first-order valence-corrected chi connectivity index (χ1v) is 15.8. The molecule has 2 N–H and O–H groups in total. The maximum Gasteiger partial charge on any atom is 0.261 e. The van der Waals surface area contributed by atoms with E-state index < -0.39 is 20.0 Å². The van der Waals surface area contributed by atoms with E-state index in [2.05, 4.69) is 10.0 Å². The number of hydrogen-bond donors (Lipinski definition) is 2. The number of nitrogens with zero attached hydrogens (tertiary/aromatic N) is 1. The second-order valence-corrected chi connectivity index (χ2v) is 13.7. The quantitative estimate of drug-likeness (QED) is 0.341. The Hall–Kier alpha value is -2.34. The van der Waals surface area contributed by atoms with Crippen molar-refractivity contribution < 1.29 is 21.6 Å². The van der Waals surface area contributed by atoms with Crippen LogP contribution in [0.2, 0.25) is 15.1 Å². The fourth-order valence-electron chi connectivity index (χ4n) is 4.03. The molecular weight excluding hydrogens is 593 g/mol. The summed E-state index contributed by atoms with van der Waals surface area (Å²) >= 11 is 18.1. The zero-order valence-electron chi connectivity index (χ0n) is 19.9. The molecule has 1 fully saturated rings. The van der Waals surface area contributed by atoms with E-state index in [1.165, 1.54) is 28.6 Å². The minimum atomic E-state index is -3.82. The lowest BCUT2D eigenvalue weighted by molar-refractivity contribution is -0.120. The summed E-state index contributed by atoms with van der Waals surface area (Å²) < 4.78 is 54.9. The number of sulfonamides is 2. The third-order valence-electron chi connectivity index (χ3n) is 6.14. The first kappa shape index (κ1) is 28.7. The van der Waals surface area contributed by atoms with Crippen molar-refractivity contribution in [3.8, 4) is 0 Å². The van der Waals surface area contributed by atoms with Crippen LogP contribution < -0.4 is 10.0 Å². The van der Waals surface area contributed by atoms with Gasteiger partial charge < -0.3 is 5.32 Å². The number of carbonyl (C=O) groups excluding carboxylic acids is 1. The van der Waals surface area contributed by atoms with E-state index in [4.69, 9.17) is 34.8 Å². The molecule has 202 valence electrons. The summed E-state index contributed by atoms with van der Waals surface area (Å²) in [5.41, 5.74) is 1.16. The Morgan fingerprint density at radius 2 is 1.37 bits per heavy atom. The van der Waals surface area contributed by atoms with Crippen molar-refractivity contribution >= 4 is 72.1 Å². The lowest BCUT2D eigenvalue weighted by atomic mass is 9.97. The first-order valence-electron chi connectivity index (χ1n) is 11.5. The average Bonchev–Trinajstić information content (AvgIpc) is 2.88. The molecule has 1 saturated heterocycles. The molecule has 13 heteroatoms. The number of anilines is 2. The fourth-order valence-corrected chi connectivity index (χ4v) is 7.53. The molecule has 0 saturated carbocycles. The van der Waals surface area contributed by atoms with Gasteiger partial charge in [0.2, 0.25) is 15.9 Å². The number of piperidine rings is 1. The van der Waals surface area contributed by atoms with Gasteiger partial charge in [0.25, 0.3) is 10.0 Å². The number of carbonyl (C=O) groups is 1. The van der Waals surface area contributed by atoms with Crippen LogP contribution in [-0.4, -0.2) is 40.1 Å². The van der Waals surface area contributed by atoms with E-state index in [0.29, 0.717) is 34.8 Å². The molecule has 0 aliphatic carbocycles. The van der Waals surface area contributed by atoms with Gasteiger partial charge in [-0.05, 0) is 73.5 Å². The molecule has 0 unspecified atom stereocenters. The predicted molar refractivity (Wildman–Crippen MR) is 151 cm³/mol. The van der Waals surface area contributed by atoms with Crippen LogP contribution in [-0.2, 0) is 30.6 Å². The molecular formula is C25H24Cl3N3O5S2. The van der Waals surface area contributed by atoms with Gasteiger partial charge in [-0.25, -0.2) is 21.1 Å². The van der Waals surface area contributed by atoms with E-state index in [9.17, 15) is 21.6 Å². The third kappa shape index (κ3) is 6.99. The van der Waals surface area contributed by atoms with Gasteiger partial charge in [0.05, 0.1) is 10.6 Å². The Morgan fingerprint density at radius 1 is 0.816 bits per heavy atom. The van der Waals surface area contributed by atoms with Crippen molar-refractivity contribution in [3.63, 3.8) is 0 Å². The van der Waals surface area contributed by atoms with Gasteiger partial charge in [-0.3, -0.25) is 9.52 Å². The standard InChI is InChI=1S/C25H24Cl3N3O5S2/c26-18-4-6-20(7-5-18)30-38(35,36)21-10-8-19(9-11-21)29-25(32)17-12-14-31(15-13-17)37(33,34)16-22-23(27)2-1-3-24(22)28/h1-11,17,30H,12-16H2,(H,29,32). The van der Waals surface area contributed by atoms with E-state index in [1.54, 1.807) is 42.5 Å². The van der Waals surface area contributed by atoms with Crippen LogP contribution in [0, 0.1) is 5.92 Å². The van der Waals surface area contributed by atoms with Crippen LogP contribution >= 0.6 is 34.8 Å². The molecule has 0 aromatic heterocycles. The summed E-state index contributed by atoms with van der Waals surface area (Å²) in [6.45, 7) is 0.381. The lowest BCUT2D eigenvalue weighted by Crippen LogP contribution is -2.42. The summed E-state index contributed by atoms with van der Waals surface area (Å²) in [6, 6.07) is 16.9. The number of hydrogen-bond acceptors (Lipinski definition) is 5. The molecule has 3 aromatic rings. The predicted octanol–water partition coefficient (Wildman–Crippen LogP) is 5.63. The molecule has 1 aliphatic rings. The van der Waals surface area contributed by atoms with Crippen molar-refractivity contribution in [2.45, 2.75) is 23.5 Å². The summed E-state index contributed by atoms with van der Waals surface area (Å²) in [7, 11) is -7.49. The van der Waals surface area contributed by atoms with Gasteiger partial charge in [0.1, 0.15) is 0 Å². The van der Waals surface area contributed by atoms with Gasteiger partial charge in [0, 0.05) is 51.0 Å². The van der Waals surface area contributed by atoms with Gasteiger partial charge in [0.15, 0.2) is 0 Å². The van der Waals surface area contributed by atoms with Gasteiger partial charge in [-0.1, -0.05) is 40.9 Å². The van der Waals surface area contributed by atoms with Crippen LogP contribution in [0.5, 0.6) is 0 Å². The minimum absolute atomic E-state index is 0.0302. The van der Waals surface area contributed by atoms with Crippen molar-refractivity contribution in [1.82, 2.24) is 4.31 Å². The highest BCUT2D eigenvalue weighted by Crippen LogP contribution is 2.29. The molecule has 4 rings (SSSR count). The maximum absolute atomic E-state index is 12.9. The Morgan fingerprint density at radius 3 is 1.95 bits per heavy atom. The largest absolute Gasteiger partial charge is 0.326 e. The topological polar surface area (TPSA) is 113 Å². The van der Waals surface area contributed by atoms with Crippen molar-refractivity contribution in [1.29, 1.82) is 0 Å². The van der Waals surface area contributed by atoms with Gasteiger partial charge in [-0.2, -0.15) is 0 Å². The SMILES string of the molecule is O=C(Nc1ccc(S(=O)(=O)Nc2ccc(Cl)cc2)cc1)C1CCN(S(=O)(=O)Cc2c(Cl)cccc2Cl)CC1. The van der Waals surface area contributed by atoms with E-state index in [0.717, 1.165) is 0 Å². The van der Waals surface area contributed by atoms with Gasteiger partial charge >= 0.3 is 0 Å². The monoisotopic (exact) mass is 615 g/mol. The maximum atomic E-state index is 12.9. The Bertz CT molecular complexity index is 1500. The van der Waals surface area contributed by atoms with E-state index in [-0.39, 0.29) is 45.6 Å². The van der Waals surface area contributed by atoms with Crippen molar-refractivity contribution in [3.05, 3.63) is 87.4 Å². The number of amides is 1. The lowest BCUT2D eigenvalue weighted by Gasteiger charge is -2.30. The smallest absolute Gasteiger partial charge is 0.261 e. The number of halogens is 3. The molecule has 0 atom stereocenters. The summed E-state index contributed by atoms with van der Waals surface area (Å²) in [5, 5.41) is 3.85. The molecule has 1 amide bonds. The zero-order chi connectivity index (χ0) is 27.5. The summed E-state index contributed by atoms with van der Waals surface area (Å²) in [4.78, 5) is 12.8. The Labute approximate surface area is 237 Å². The molecule has 0 radical (unpaired) electrons. The van der Waals surface area contributed by atoms with Crippen LogP contribution in [0.1, 0.15) is 18.4 Å². The third-order valence-corrected chi connectivity index (χ3v) is 10.3. The summed E-state index contributed by atoms with van der Waals surface area (Å²) in [5.74, 6) is -0.962. The van der Waals surface area contributed by atoms with Gasteiger partial charge in [-0.15, -0.1) is 0 Å². The molecule has 8 nitrogen and oxygen atoms in total. The van der Waals surface area contributed by atoms with E-state index in [1.807, 2.05) is 0 Å². The van der Waals surface area contributed by atoms with Crippen LogP contribution in [0.15, 0.2) is 71.6 Å². The molecule has 0 bridgehead atoms. The van der Waals surface area contributed by atoms with Crippen LogP contribution in [0.4, 0.5) is 11.4 Å². The summed E-state index contributed by atoms with van der Waals surface area (Å²) in [6.07, 6.45) is 0.692. The molecule has 0 spiro atoms. The average molecular weight is 617 g/mol. The van der Waals surface area contributed by atoms with Crippen molar-refractivity contribution in [2.24, 2.45) is 5.92 Å². The van der Waals surface area contributed by atoms with E-state index >= 15 is 0 Å². The number of nitrogens with one attached hydrogen (secondary N) is 2. The zero-order valence-corrected chi connectivity index (χ0v) is 23.8. The normalized spacial score (nSPS) is 15.2. The number of rotatable bonds is 8. The highest BCUT2D eigenvalue weighted by Gasteiger charge is 2.32. The Kier molecular flexibility index (Phi) is 8.91. The minimum Gasteiger partial charge on any atom is -0.326 e.